The highest BCUT2D eigenvalue weighted by atomic mass is 32.2. The van der Waals surface area contributed by atoms with Crippen molar-refractivity contribution in [2.45, 2.75) is 38.0 Å². The number of fused-ring (bicyclic) bond motifs is 1. The van der Waals surface area contributed by atoms with Crippen LogP contribution in [0.25, 0.3) is 10.8 Å². The minimum atomic E-state index is -3.22. The van der Waals surface area contributed by atoms with Crippen LogP contribution in [-0.4, -0.2) is 71.7 Å². The Morgan fingerprint density at radius 3 is 2.58 bits per heavy atom. The predicted molar refractivity (Wildman–Crippen MR) is 112 cm³/mol. The zero-order chi connectivity index (χ0) is 22.2. The van der Waals surface area contributed by atoms with Gasteiger partial charge in [-0.25, -0.2) is 13.1 Å². The van der Waals surface area contributed by atoms with E-state index in [9.17, 15) is 22.8 Å². The van der Waals surface area contributed by atoms with Gasteiger partial charge in [-0.3, -0.25) is 14.4 Å². The Balaban J connectivity index is 1.66. The van der Waals surface area contributed by atoms with Gasteiger partial charge in [-0.1, -0.05) is 18.2 Å². The minimum absolute atomic E-state index is 0.0208. The third kappa shape index (κ3) is 4.47. The Morgan fingerprint density at radius 2 is 1.97 bits per heavy atom. The van der Waals surface area contributed by atoms with Crippen molar-refractivity contribution >= 4 is 32.4 Å². The summed E-state index contributed by atoms with van der Waals surface area (Å²) in [5, 5.41) is 4.59. The van der Waals surface area contributed by atoms with E-state index in [2.05, 4.69) is 5.10 Å². The largest absolute Gasteiger partial charge is 0.376 e. The number of rotatable bonds is 6. The highest BCUT2D eigenvalue weighted by Gasteiger charge is 2.36. The van der Waals surface area contributed by atoms with Crippen molar-refractivity contribution in [2.75, 3.05) is 24.7 Å². The fourth-order valence-corrected chi connectivity index (χ4v) is 5.96. The van der Waals surface area contributed by atoms with Crippen LogP contribution < -0.4 is 11.3 Å². The normalized spacial score (nSPS) is 22.6. The highest BCUT2D eigenvalue weighted by molar-refractivity contribution is 7.91. The molecule has 3 heterocycles. The van der Waals surface area contributed by atoms with Crippen LogP contribution in [-0.2, 0) is 25.9 Å². The van der Waals surface area contributed by atoms with Crippen LogP contribution in [0.2, 0.25) is 0 Å². The number of nitrogens with two attached hydrogens (primary N) is 1. The molecule has 2 aliphatic rings. The molecule has 31 heavy (non-hydrogen) atoms. The van der Waals surface area contributed by atoms with Crippen molar-refractivity contribution in [3.63, 3.8) is 0 Å². The topological polar surface area (TPSA) is 142 Å². The first kappa shape index (κ1) is 21.4. The van der Waals surface area contributed by atoms with E-state index in [0.717, 1.165) is 17.5 Å². The number of amides is 2. The van der Waals surface area contributed by atoms with Gasteiger partial charge in [-0.15, -0.1) is 0 Å². The molecule has 2 aliphatic heterocycles. The van der Waals surface area contributed by atoms with Crippen LogP contribution in [0, 0.1) is 0 Å². The molecule has 0 saturated carbocycles. The quantitative estimate of drug-likeness (QED) is 0.639. The van der Waals surface area contributed by atoms with Gasteiger partial charge in [0.15, 0.2) is 15.5 Å². The van der Waals surface area contributed by atoms with E-state index >= 15 is 0 Å². The van der Waals surface area contributed by atoms with Crippen LogP contribution in [0.5, 0.6) is 0 Å². The first-order valence-corrected chi connectivity index (χ1v) is 12.0. The Morgan fingerprint density at radius 1 is 1.23 bits per heavy atom. The van der Waals surface area contributed by atoms with Crippen LogP contribution >= 0.6 is 0 Å². The molecule has 2 N–H and O–H groups in total. The molecule has 0 bridgehead atoms. The number of carbonyl (C=O) groups is 2. The van der Waals surface area contributed by atoms with Crippen molar-refractivity contribution < 1.29 is 22.7 Å². The first-order valence-electron chi connectivity index (χ1n) is 10.2. The standard InChI is InChI=1S/C20H24N4O6S/c21-19(26)18-15-5-1-2-6-16(15)20(27)24(22-18)11-17(25)23(10-14-4-3-8-30-14)13-7-9-31(28,29)12-13/h1-2,5-6,13-14H,3-4,7-12H2,(H2,21,26)/t13-,14+/m1/s1. The van der Waals surface area contributed by atoms with Crippen molar-refractivity contribution in [3.8, 4) is 0 Å². The summed E-state index contributed by atoms with van der Waals surface area (Å²) in [4.78, 5) is 39.5. The molecule has 0 spiro atoms. The molecule has 2 aromatic rings. The lowest BCUT2D eigenvalue weighted by atomic mass is 10.1. The van der Waals surface area contributed by atoms with Crippen molar-refractivity contribution in [2.24, 2.45) is 5.73 Å². The predicted octanol–water partition coefficient (Wildman–Crippen LogP) is -0.310. The summed E-state index contributed by atoms with van der Waals surface area (Å²) in [6.45, 7) is 0.431. The Bertz CT molecular complexity index is 1190. The van der Waals surface area contributed by atoms with Gasteiger partial charge in [-0.05, 0) is 25.3 Å². The molecule has 0 aliphatic carbocycles. The molecular formula is C20H24N4O6S. The first-order chi connectivity index (χ1) is 14.7. The van der Waals surface area contributed by atoms with Gasteiger partial charge < -0.3 is 15.4 Å². The Labute approximate surface area is 178 Å². The number of hydrogen-bond acceptors (Lipinski definition) is 7. The maximum Gasteiger partial charge on any atom is 0.275 e. The van der Waals surface area contributed by atoms with E-state index in [1.54, 1.807) is 24.3 Å². The molecule has 10 nitrogen and oxygen atoms in total. The number of hydrogen-bond donors (Lipinski definition) is 1. The number of carbonyl (C=O) groups excluding carboxylic acids is 2. The molecule has 2 atom stereocenters. The molecule has 1 aromatic heterocycles. The molecule has 2 amide bonds. The van der Waals surface area contributed by atoms with Crippen molar-refractivity contribution in [1.82, 2.24) is 14.7 Å². The Kier molecular flexibility index (Phi) is 5.80. The number of nitrogens with zero attached hydrogens (tertiary/aromatic N) is 3. The fourth-order valence-electron chi connectivity index (χ4n) is 4.23. The number of aromatic nitrogens is 2. The second-order valence-corrected chi connectivity index (χ2v) is 10.2. The van der Waals surface area contributed by atoms with E-state index in [-0.39, 0.29) is 35.2 Å². The molecule has 2 saturated heterocycles. The Hall–Kier alpha value is -2.79. The summed E-state index contributed by atoms with van der Waals surface area (Å²) >= 11 is 0. The minimum Gasteiger partial charge on any atom is -0.376 e. The monoisotopic (exact) mass is 448 g/mol. The summed E-state index contributed by atoms with van der Waals surface area (Å²) in [7, 11) is -3.22. The molecular weight excluding hydrogens is 424 g/mol. The lowest BCUT2D eigenvalue weighted by molar-refractivity contribution is -0.135. The smallest absolute Gasteiger partial charge is 0.275 e. The van der Waals surface area contributed by atoms with Gasteiger partial charge in [0.25, 0.3) is 11.5 Å². The van der Waals surface area contributed by atoms with E-state index < -0.39 is 39.8 Å². The van der Waals surface area contributed by atoms with Crippen LogP contribution in [0.15, 0.2) is 29.1 Å². The summed E-state index contributed by atoms with van der Waals surface area (Å²) in [6.07, 6.45) is 1.83. The summed E-state index contributed by atoms with van der Waals surface area (Å²) < 4.78 is 30.6. The van der Waals surface area contributed by atoms with Crippen LogP contribution in [0.4, 0.5) is 0 Å². The number of ether oxygens (including phenoxy) is 1. The third-order valence-electron chi connectivity index (χ3n) is 5.78. The number of benzene rings is 1. The molecule has 0 radical (unpaired) electrons. The van der Waals surface area contributed by atoms with Crippen LogP contribution in [0.1, 0.15) is 29.8 Å². The van der Waals surface area contributed by atoms with E-state index in [0.29, 0.717) is 18.4 Å². The van der Waals surface area contributed by atoms with E-state index in [1.807, 2.05) is 0 Å². The molecule has 0 unspecified atom stereocenters. The lowest BCUT2D eigenvalue weighted by Crippen LogP contribution is -2.47. The highest BCUT2D eigenvalue weighted by Crippen LogP contribution is 2.22. The maximum atomic E-state index is 13.2. The maximum absolute atomic E-state index is 13.2. The van der Waals surface area contributed by atoms with Gasteiger partial charge >= 0.3 is 0 Å². The van der Waals surface area contributed by atoms with Gasteiger partial charge in [0.1, 0.15) is 6.54 Å². The second kappa shape index (κ2) is 8.39. The van der Waals surface area contributed by atoms with Gasteiger partial charge in [0, 0.05) is 24.6 Å². The number of primary amides is 1. The van der Waals surface area contributed by atoms with Gasteiger partial charge in [-0.2, -0.15) is 5.10 Å². The molecule has 11 heteroatoms. The van der Waals surface area contributed by atoms with Crippen molar-refractivity contribution in [3.05, 3.63) is 40.3 Å². The SMILES string of the molecule is NC(=O)c1nn(CC(=O)N(C[C@@H]2CCCO2)[C@@H]2CCS(=O)(=O)C2)c(=O)c2ccccc12. The summed E-state index contributed by atoms with van der Waals surface area (Å²) in [5.74, 6) is -1.35. The zero-order valence-corrected chi connectivity index (χ0v) is 17.7. The van der Waals surface area contributed by atoms with E-state index in [4.69, 9.17) is 10.5 Å². The summed E-state index contributed by atoms with van der Waals surface area (Å²) in [5.41, 5.74) is 4.81. The molecule has 1 aromatic carbocycles. The van der Waals surface area contributed by atoms with Gasteiger partial charge in [0.2, 0.25) is 5.91 Å². The van der Waals surface area contributed by atoms with Crippen LogP contribution in [0.3, 0.4) is 0 Å². The summed E-state index contributed by atoms with van der Waals surface area (Å²) in [6, 6.07) is 5.94. The molecule has 166 valence electrons. The third-order valence-corrected chi connectivity index (χ3v) is 7.53. The lowest BCUT2D eigenvalue weighted by Gasteiger charge is -2.30. The zero-order valence-electron chi connectivity index (χ0n) is 16.9. The van der Waals surface area contributed by atoms with Gasteiger partial charge in [0.05, 0.1) is 23.0 Å². The fraction of sp³-hybridized carbons (Fsp3) is 0.500. The van der Waals surface area contributed by atoms with Crippen molar-refractivity contribution in [1.29, 1.82) is 0 Å². The number of sulfone groups is 1. The second-order valence-electron chi connectivity index (χ2n) is 7.96. The molecule has 4 rings (SSSR count). The average molecular weight is 449 g/mol. The average Bonchev–Trinajstić information content (AvgIpc) is 3.37. The van der Waals surface area contributed by atoms with E-state index in [1.165, 1.54) is 4.90 Å². The molecule has 2 fully saturated rings.